The van der Waals surface area contributed by atoms with Crippen LogP contribution in [0.15, 0.2) is 35.2 Å². The Labute approximate surface area is 143 Å². The fourth-order valence-corrected chi connectivity index (χ4v) is 3.58. The predicted molar refractivity (Wildman–Crippen MR) is 87.8 cm³/mol. The van der Waals surface area contributed by atoms with E-state index in [1.165, 1.54) is 0 Å². The van der Waals surface area contributed by atoms with Crippen molar-refractivity contribution in [3.05, 3.63) is 47.3 Å². The van der Waals surface area contributed by atoms with E-state index < -0.39 is 19.8 Å². The zero-order valence-electron chi connectivity index (χ0n) is 12.6. The molecule has 0 amide bonds. The van der Waals surface area contributed by atoms with Gasteiger partial charge in [0.15, 0.2) is 0 Å². The molecule has 2 aromatic carbocycles. The van der Waals surface area contributed by atoms with Crippen LogP contribution in [0, 0.1) is 24.1 Å². The van der Waals surface area contributed by atoms with Crippen molar-refractivity contribution in [2.75, 3.05) is 18.1 Å². The van der Waals surface area contributed by atoms with Crippen LogP contribution in [0.4, 0.5) is 15.8 Å². The highest BCUT2D eigenvalue weighted by atomic mass is 35.7. The number of halogens is 2. The first kappa shape index (κ1) is 16.6. The van der Waals surface area contributed by atoms with Gasteiger partial charge < -0.3 is 9.64 Å². The van der Waals surface area contributed by atoms with Gasteiger partial charge in [-0.25, -0.2) is 12.8 Å². The summed E-state index contributed by atoms with van der Waals surface area (Å²) in [5.74, 6) is -0.698. The third-order valence-corrected chi connectivity index (χ3v) is 5.09. The first-order valence-corrected chi connectivity index (χ1v) is 9.31. The smallest absolute Gasteiger partial charge is 0.264 e. The van der Waals surface area contributed by atoms with Crippen LogP contribution >= 0.6 is 10.7 Å². The lowest BCUT2D eigenvalue weighted by Crippen LogP contribution is -2.29. The lowest BCUT2D eigenvalue weighted by atomic mass is 10.1. The van der Waals surface area contributed by atoms with Gasteiger partial charge in [-0.3, -0.25) is 0 Å². The van der Waals surface area contributed by atoms with Gasteiger partial charge in [-0.1, -0.05) is 0 Å². The molecule has 0 fully saturated rings. The average Bonchev–Trinajstić information content (AvgIpc) is 2.53. The van der Waals surface area contributed by atoms with Crippen LogP contribution in [0.3, 0.4) is 0 Å². The summed E-state index contributed by atoms with van der Waals surface area (Å²) in [5, 5.41) is 8.96. The molecule has 0 saturated carbocycles. The quantitative estimate of drug-likeness (QED) is 0.761. The van der Waals surface area contributed by atoms with Gasteiger partial charge in [0.2, 0.25) is 0 Å². The molecular formula is C16H12ClFN2O3S. The topological polar surface area (TPSA) is 70.4 Å². The fourth-order valence-electron chi connectivity index (χ4n) is 2.68. The van der Waals surface area contributed by atoms with E-state index in [-0.39, 0.29) is 5.75 Å². The van der Waals surface area contributed by atoms with Crippen molar-refractivity contribution in [1.82, 2.24) is 0 Å². The molecule has 0 saturated heterocycles. The summed E-state index contributed by atoms with van der Waals surface area (Å²) in [7, 11) is 1.05. The Hall–Kier alpha value is -2.30. The Bertz CT molecular complexity index is 970. The minimum atomic E-state index is -4.20. The summed E-state index contributed by atoms with van der Waals surface area (Å²) in [6.45, 7) is 2.62. The molecule has 0 aromatic heterocycles. The second kappa shape index (κ2) is 5.96. The van der Waals surface area contributed by atoms with Crippen molar-refractivity contribution < 1.29 is 17.5 Å². The molecule has 124 valence electrons. The van der Waals surface area contributed by atoms with E-state index in [9.17, 15) is 12.8 Å². The maximum absolute atomic E-state index is 14.2. The van der Waals surface area contributed by atoms with Crippen molar-refractivity contribution in [3.63, 3.8) is 0 Å². The zero-order chi connectivity index (χ0) is 17.5. The number of benzene rings is 2. The van der Waals surface area contributed by atoms with Crippen LogP contribution in [0.25, 0.3) is 0 Å². The van der Waals surface area contributed by atoms with Crippen molar-refractivity contribution in [2.24, 2.45) is 0 Å². The van der Waals surface area contributed by atoms with Crippen LogP contribution in [-0.4, -0.2) is 21.6 Å². The first-order chi connectivity index (χ1) is 11.3. The SMILES string of the molecule is Cc1cc(C#N)ccc1N1CCOc2cc(S(=O)(=O)Cl)c(F)cc21. The summed E-state index contributed by atoms with van der Waals surface area (Å²) in [4.78, 5) is 1.21. The molecule has 8 heteroatoms. The number of nitriles is 1. The highest BCUT2D eigenvalue weighted by molar-refractivity contribution is 8.13. The lowest BCUT2D eigenvalue weighted by Gasteiger charge is -2.32. The number of aryl methyl sites for hydroxylation is 1. The minimum absolute atomic E-state index is 0.241. The molecule has 0 atom stereocenters. The van der Waals surface area contributed by atoms with Gasteiger partial charge in [-0.15, -0.1) is 0 Å². The molecule has 0 unspecified atom stereocenters. The number of hydrogen-bond acceptors (Lipinski definition) is 5. The molecule has 5 nitrogen and oxygen atoms in total. The molecule has 1 aliphatic heterocycles. The zero-order valence-corrected chi connectivity index (χ0v) is 14.2. The van der Waals surface area contributed by atoms with E-state index in [2.05, 4.69) is 6.07 Å². The van der Waals surface area contributed by atoms with Gasteiger partial charge in [0.05, 0.1) is 23.9 Å². The normalized spacial score (nSPS) is 13.8. The minimum Gasteiger partial charge on any atom is -0.489 e. The van der Waals surface area contributed by atoms with Crippen molar-refractivity contribution in [2.45, 2.75) is 11.8 Å². The molecule has 0 aliphatic carbocycles. The molecule has 3 rings (SSSR count). The van der Waals surface area contributed by atoms with Crippen LogP contribution in [0.5, 0.6) is 5.75 Å². The Morgan fingerprint density at radius 1 is 1.29 bits per heavy atom. The third kappa shape index (κ3) is 2.90. The number of anilines is 2. The summed E-state index contributed by atoms with van der Waals surface area (Å²) in [6.07, 6.45) is 0. The van der Waals surface area contributed by atoms with E-state index in [1.807, 2.05) is 11.8 Å². The summed E-state index contributed by atoms with van der Waals surface area (Å²) < 4.78 is 42.5. The Kier molecular flexibility index (Phi) is 4.11. The highest BCUT2D eigenvalue weighted by Crippen LogP contribution is 2.40. The first-order valence-electron chi connectivity index (χ1n) is 7.00. The van der Waals surface area contributed by atoms with Gasteiger partial charge in [0, 0.05) is 28.5 Å². The van der Waals surface area contributed by atoms with Crippen molar-refractivity contribution in [3.8, 4) is 11.8 Å². The van der Waals surface area contributed by atoms with E-state index >= 15 is 0 Å². The van der Waals surface area contributed by atoms with E-state index in [4.69, 9.17) is 20.7 Å². The number of ether oxygens (including phenoxy) is 1. The second-order valence-electron chi connectivity index (χ2n) is 5.30. The molecule has 2 aromatic rings. The fraction of sp³-hybridized carbons (Fsp3) is 0.188. The standard InChI is InChI=1S/C16H12ClFN2O3S/c1-10-6-11(9-19)2-3-13(10)20-4-5-23-15-8-16(24(17,21)22)12(18)7-14(15)20/h2-3,6-8H,4-5H2,1H3. The Balaban J connectivity index is 2.14. The van der Waals surface area contributed by atoms with Gasteiger partial charge >= 0.3 is 0 Å². The third-order valence-electron chi connectivity index (χ3n) is 3.76. The lowest BCUT2D eigenvalue weighted by molar-refractivity contribution is 0.312. The molecule has 0 bridgehead atoms. The molecule has 24 heavy (non-hydrogen) atoms. The number of rotatable bonds is 2. The van der Waals surface area contributed by atoms with Crippen LogP contribution in [0.2, 0.25) is 0 Å². The molecule has 1 aliphatic rings. The summed E-state index contributed by atoms with van der Waals surface area (Å²) >= 11 is 0. The van der Waals surface area contributed by atoms with E-state index in [1.54, 1.807) is 18.2 Å². The Morgan fingerprint density at radius 3 is 2.67 bits per heavy atom. The van der Waals surface area contributed by atoms with Gasteiger partial charge in [-0.2, -0.15) is 5.26 Å². The number of nitrogens with zero attached hydrogens (tertiary/aromatic N) is 2. The predicted octanol–water partition coefficient (Wildman–Crippen LogP) is 3.46. The highest BCUT2D eigenvalue weighted by Gasteiger charge is 2.26. The van der Waals surface area contributed by atoms with Crippen LogP contribution in [-0.2, 0) is 9.05 Å². The number of fused-ring (bicyclic) bond motifs is 1. The van der Waals surface area contributed by atoms with Crippen LogP contribution < -0.4 is 9.64 Å². The average molecular weight is 367 g/mol. The summed E-state index contributed by atoms with van der Waals surface area (Å²) in [5.41, 5.74) is 2.57. The number of hydrogen-bond donors (Lipinski definition) is 0. The van der Waals surface area contributed by atoms with E-state index in [0.717, 1.165) is 23.4 Å². The Morgan fingerprint density at radius 2 is 2.04 bits per heavy atom. The largest absolute Gasteiger partial charge is 0.489 e. The molecule has 1 heterocycles. The van der Waals surface area contributed by atoms with Gasteiger partial charge in [-0.05, 0) is 30.7 Å². The van der Waals surface area contributed by atoms with Gasteiger partial charge in [0.25, 0.3) is 9.05 Å². The molecular weight excluding hydrogens is 355 g/mol. The second-order valence-corrected chi connectivity index (χ2v) is 7.84. The monoisotopic (exact) mass is 366 g/mol. The maximum atomic E-state index is 14.2. The molecule has 0 N–H and O–H groups in total. The summed E-state index contributed by atoms with van der Waals surface area (Å²) in [6, 6.07) is 9.44. The van der Waals surface area contributed by atoms with E-state index in [0.29, 0.717) is 24.4 Å². The van der Waals surface area contributed by atoms with Crippen molar-refractivity contribution in [1.29, 1.82) is 5.26 Å². The molecule has 0 spiro atoms. The van der Waals surface area contributed by atoms with Crippen LogP contribution in [0.1, 0.15) is 11.1 Å². The van der Waals surface area contributed by atoms with Gasteiger partial charge in [0.1, 0.15) is 23.1 Å². The van der Waals surface area contributed by atoms with Crippen molar-refractivity contribution >= 4 is 31.1 Å². The molecule has 0 radical (unpaired) electrons. The maximum Gasteiger partial charge on any atom is 0.264 e.